The molecule has 0 fully saturated rings. The molecule has 0 bridgehead atoms. The molecule has 0 aromatic carbocycles. The summed E-state index contributed by atoms with van der Waals surface area (Å²) in [7, 11) is 0. The zero-order valence-electron chi connectivity index (χ0n) is 10.5. The van der Waals surface area contributed by atoms with Crippen LogP contribution in [0.1, 0.15) is 44.6 Å². The van der Waals surface area contributed by atoms with Crippen molar-refractivity contribution >= 4 is 0 Å². The third-order valence-electron chi connectivity index (χ3n) is 2.97. The Morgan fingerprint density at radius 3 is 2.35 bits per heavy atom. The normalized spacial score (nSPS) is 14.8. The summed E-state index contributed by atoms with van der Waals surface area (Å²) in [6.45, 7) is 6.21. The predicted octanol–water partition coefficient (Wildman–Crippen LogP) is 1.78. The summed E-state index contributed by atoms with van der Waals surface area (Å²) >= 11 is 0. The lowest BCUT2D eigenvalue weighted by molar-refractivity contribution is 0.376. The van der Waals surface area contributed by atoms with Crippen LogP contribution in [-0.4, -0.2) is 29.5 Å². The lowest BCUT2D eigenvalue weighted by Gasteiger charge is -2.15. The Kier molecular flexibility index (Phi) is 3.51. The molecule has 2 aromatic heterocycles. The fraction of sp³-hybridized carbons (Fsp3) is 0.636. The molecule has 6 heteroatoms. The molecule has 0 radical (unpaired) electrons. The molecule has 2 atom stereocenters. The summed E-state index contributed by atoms with van der Waals surface area (Å²) in [5.41, 5.74) is 0. The number of aryl methyl sites for hydroxylation is 1. The smallest absolute Gasteiger partial charge is 0.147 e. The van der Waals surface area contributed by atoms with Crippen molar-refractivity contribution in [1.82, 2.24) is 29.5 Å². The second-order valence-electron chi connectivity index (χ2n) is 4.42. The molecular formula is C11H18N6. The summed E-state index contributed by atoms with van der Waals surface area (Å²) in [6, 6.07) is 0.728. The molecule has 0 N–H and O–H groups in total. The monoisotopic (exact) mass is 234 g/mol. The average molecular weight is 234 g/mol. The van der Waals surface area contributed by atoms with Crippen LogP contribution in [0.2, 0.25) is 0 Å². The van der Waals surface area contributed by atoms with E-state index < -0.39 is 0 Å². The van der Waals surface area contributed by atoms with Crippen molar-refractivity contribution in [2.45, 2.75) is 45.7 Å². The van der Waals surface area contributed by atoms with Gasteiger partial charge in [-0.15, -0.1) is 0 Å². The van der Waals surface area contributed by atoms with Gasteiger partial charge in [-0.25, -0.2) is 14.6 Å². The second kappa shape index (κ2) is 5.07. The van der Waals surface area contributed by atoms with Gasteiger partial charge in [-0.05, 0) is 33.6 Å². The molecule has 92 valence electrons. The van der Waals surface area contributed by atoms with Crippen molar-refractivity contribution in [2.24, 2.45) is 0 Å². The lowest BCUT2D eigenvalue weighted by Crippen LogP contribution is -2.11. The van der Waals surface area contributed by atoms with Gasteiger partial charge in [0.2, 0.25) is 0 Å². The van der Waals surface area contributed by atoms with E-state index in [-0.39, 0.29) is 0 Å². The largest absolute Gasteiger partial charge is 0.250 e. The van der Waals surface area contributed by atoms with Crippen LogP contribution in [-0.2, 0) is 0 Å². The fourth-order valence-corrected chi connectivity index (χ4v) is 1.77. The summed E-state index contributed by atoms with van der Waals surface area (Å²) in [5.74, 6) is 0.821. The predicted molar refractivity (Wildman–Crippen MR) is 63.4 cm³/mol. The van der Waals surface area contributed by atoms with Gasteiger partial charge in [0.05, 0.1) is 12.1 Å². The zero-order chi connectivity index (χ0) is 12.3. The number of aromatic nitrogens is 6. The molecule has 17 heavy (non-hydrogen) atoms. The van der Waals surface area contributed by atoms with E-state index in [0.29, 0.717) is 12.1 Å². The van der Waals surface area contributed by atoms with Gasteiger partial charge in [0.15, 0.2) is 0 Å². The zero-order valence-corrected chi connectivity index (χ0v) is 10.5. The van der Waals surface area contributed by atoms with E-state index in [9.17, 15) is 0 Å². The van der Waals surface area contributed by atoms with E-state index in [4.69, 9.17) is 0 Å². The SMILES string of the molecule is Cc1ncn(C(C)CCC(C)n2cncn2)n1. The van der Waals surface area contributed by atoms with Gasteiger partial charge >= 0.3 is 0 Å². The van der Waals surface area contributed by atoms with Gasteiger partial charge < -0.3 is 0 Å². The van der Waals surface area contributed by atoms with Crippen LogP contribution < -0.4 is 0 Å². The van der Waals surface area contributed by atoms with E-state index in [2.05, 4.69) is 34.0 Å². The highest BCUT2D eigenvalue weighted by atomic mass is 15.3. The summed E-state index contributed by atoms with van der Waals surface area (Å²) in [4.78, 5) is 8.10. The molecule has 6 nitrogen and oxygen atoms in total. The van der Waals surface area contributed by atoms with Gasteiger partial charge in [0.25, 0.3) is 0 Å². The summed E-state index contributed by atoms with van der Waals surface area (Å²) in [5, 5.41) is 8.46. The van der Waals surface area contributed by atoms with Gasteiger partial charge in [-0.3, -0.25) is 4.68 Å². The van der Waals surface area contributed by atoms with Crippen LogP contribution in [0, 0.1) is 6.92 Å². The standard InChI is InChI=1S/C11H18N6/c1-9(16-7-12-6-14-16)4-5-10(2)17-8-13-11(3)15-17/h6-10H,4-5H2,1-3H3. The van der Waals surface area contributed by atoms with Crippen LogP contribution in [0.3, 0.4) is 0 Å². The molecule has 0 aliphatic heterocycles. The average Bonchev–Trinajstić information content (AvgIpc) is 2.95. The minimum Gasteiger partial charge on any atom is -0.250 e. The van der Waals surface area contributed by atoms with E-state index in [1.807, 2.05) is 16.3 Å². The van der Waals surface area contributed by atoms with Crippen molar-refractivity contribution in [3.63, 3.8) is 0 Å². The first kappa shape index (κ1) is 11.8. The Morgan fingerprint density at radius 2 is 1.82 bits per heavy atom. The van der Waals surface area contributed by atoms with Crippen molar-refractivity contribution in [3.05, 3.63) is 24.8 Å². The van der Waals surface area contributed by atoms with Crippen molar-refractivity contribution in [3.8, 4) is 0 Å². The van der Waals surface area contributed by atoms with Gasteiger partial charge in [0, 0.05) is 0 Å². The first-order valence-corrected chi connectivity index (χ1v) is 5.88. The Morgan fingerprint density at radius 1 is 1.12 bits per heavy atom. The summed E-state index contributed by atoms with van der Waals surface area (Å²) in [6.07, 6.45) is 7.21. The molecule has 2 aromatic rings. The Hall–Kier alpha value is -1.72. The Labute approximate surface area is 101 Å². The van der Waals surface area contributed by atoms with Crippen molar-refractivity contribution in [2.75, 3.05) is 0 Å². The van der Waals surface area contributed by atoms with Gasteiger partial charge in [-0.1, -0.05) is 0 Å². The molecule has 0 saturated carbocycles. The molecule has 0 aliphatic carbocycles. The first-order chi connectivity index (χ1) is 8.16. The Balaban J connectivity index is 1.86. The lowest BCUT2D eigenvalue weighted by atomic mass is 10.1. The Bertz CT molecular complexity index is 446. The van der Waals surface area contributed by atoms with Gasteiger partial charge in [-0.2, -0.15) is 10.2 Å². The van der Waals surface area contributed by atoms with Crippen LogP contribution >= 0.6 is 0 Å². The molecule has 0 spiro atoms. The van der Waals surface area contributed by atoms with E-state index in [1.54, 1.807) is 19.0 Å². The van der Waals surface area contributed by atoms with Crippen LogP contribution in [0.4, 0.5) is 0 Å². The van der Waals surface area contributed by atoms with Crippen LogP contribution in [0.5, 0.6) is 0 Å². The first-order valence-electron chi connectivity index (χ1n) is 5.88. The molecule has 0 saturated heterocycles. The second-order valence-corrected chi connectivity index (χ2v) is 4.42. The highest BCUT2D eigenvalue weighted by molar-refractivity contribution is 4.77. The maximum Gasteiger partial charge on any atom is 0.147 e. The molecule has 2 unspecified atom stereocenters. The van der Waals surface area contributed by atoms with E-state index in [1.165, 1.54) is 0 Å². The number of nitrogens with zero attached hydrogens (tertiary/aromatic N) is 6. The molecule has 2 rings (SSSR count). The number of rotatable bonds is 5. The van der Waals surface area contributed by atoms with E-state index in [0.717, 1.165) is 18.7 Å². The molecule has 0 aliphatic rings. The van der Waals surface area contributed by atoms with Crippen molar-refractivity contribution < 1.29 is 0 Å². The molecule has 2 heterocycles. The quantitative estimate of drug-likeness (QED) is 0.791. The van der Waals surface area contributed by atoms with Crippen LogP contribution in [0.15, 0.2) is 19.0 Å². The van der Waals surface area contributed by atoms with Crippen molar-refractivity contribution in [1.29, 1.82) is 0 Å². The minimum absolute atomic E-state index is 0.363. The topological polar surface area (TPSA) is 61.4 Å². The molecule has 0 amide bonds. The van der Waals surface area contributed by atoms with Crippen LogP contribution in [0.25, 0.3) is 0 Å². The highest BCUT2D eigenvalue weighted by Gasteiger charge is 2.10. The number of hydrogen-bond donors (Lipinski definition) is 0. The summed E-state index contributed by atoms with van der Waals surface area (Å²) < 4.78 is 3.81. The third kappa shape index (κ3) is 2.89. The highest BCUT2D eigenvalue weighted by Crippen LogP contribution is 2.18. The molecular weight excluding hydrogens is 216 g/mol. The number of hydrogen-bond acceptors (Lipinski definition) is 4. The maximum absolute atomic E-state index is 4.32. The fourth-order valence-electron chi connectivity index (χ4n) is 1.77. The van der Waals surface area contributed by atoms with Gasteiger partial charge in [0.1, 0.15) is 24.8 Å². The van der Waals surface area contributed by atoms with E-state index >= 15 is 0 Å². The minimum atomic E-state index is 0.363. The maximum atomic E-state index is 4.32. The third-order valence-corrected chi connectivity index (χ3v) is 2.97.